The minimum Gasteiger partial charge on any atom is -0.351 e. The molecule has 1 amide bonds. The molecule has 9 heteroatoms. The molecule has 32 heavy (non-hydrogen) atoms. The highest BCUT2D eigenvalue weighted by molar-refractivity contribution is 5.79. The van der Waals surface area contributed by atoms with E-state index in [-0.39, 0.29) is 23.9 Å². The average Bonchev–Trinajstić information content (AvgIpc) is 3.04. The minimum atomic E-state index is -0.686. The fourth-order valence-corrected chi connectivity index (χ4v) is 4.11. The monoisotopic (exact) mass is 442 g/mol. The van der Waals surface area contributed by atoms with Gasteiger partial charge < -0.3 is 10.2 Å². The van der Waals surface area contributed by atoms with Crippen molar-refractivity contribution in [2.75, 3.05) is 18.4 Å². The van der Waals surface area contributed by atoms with Crippen LogP contribution in [-0.4, -0.2) is 49.7 Å². The average molecular weight is 443 g/mol. The molecule has 0 atom stereocenters. The number of nitrogens with zero attached hydrogens (tertiary/aromatic N) is 5. The van der Waals surface area contributed by atoms with Crippen molar-refractivity contribution in [3.8, 4) is 0 Å². The summed E-state index contributed by atoms with van der Waals surface area (Å²) in [7, 11) is 1.89. The van der Waals surface area contributed by atoms with Crippen LogP contribution in [0.1, 0.15) is 37.9 Å². The smallest absolute Gasteiger partial charge is 0.227 e. The number of anilines is 1. The van der Waals surface area contributed by atoms with Gasteiger partial charge in [0.25, 0.3) is 0 Å². The number of carbonyl (C=O) groups excluding carboxylic acids is 1. The van der Waals surface area contributed by atoms with E-state index in [0.717, 1.165) is 42.1 Å². The highest BCUT2D eigenvalue weighted by Gasteiger charge is 2.24. The number of piperidine rings is 1. The molecule has 0 radical (unpaired) electrons. The molecule has 0 aliphatic carbocycles. The Morgan fingerprint density at radius 2 is 2.00 bits per heavy atom. The van der Waals surface area contributed by atoms with Crippen LogP contribution >= 0.6 is 0 Å². The van der Waals surface area contributed by atoms with Gasteiger partial charge in [0.1, 0.15) is 11.6 Å². The van der Waals surface area contributed by atoms with Gasteiger partial charge in [-0.2, -0.15) is 10.1 Å². The minimum absolute atomic E-state index is 0.0663. The first-order valence-corrected chi connectivity index (χ1v) is 11.0. The Kier molecular flexibility index (Phi) is 6.34. The van der Waals surface area contributed by atoms with E-state index in [2.05, 4.69) is 34.2 Å². The SMILES string of the molecule is CC(C)Cc1nn(C)c2nc(NC3CCN(C(=O)Cc4ccc(F)cc4F)CC3)ncc12. The Labute approximate surface area is 185 Å². The van der Waals surface area contributed by atoms with Crippen LogP contribution in [-0.2, 0) is 24.7 Å². The van der Waals surface area contributed by atoms with Crippen molar-refractivity contribution in [1.29, 1.82) is 0 Å². The molecule has 1 N–H and O–H groups in total. The maximum Gasteiger partial charge on any atom is 0.227 e. The molecule has 0 unspecified atom stereocenters. The van der Waals surface area contributed by atoms with Crippen LogP contribution in [0.25, 0.3) is 11.0 Å². The predicted octanol–water partition coefficient (Wildman–Crippen LogP) is 3.49. The van der Waals surface area contributed by atoms with Crippen molar-refractivity contribution in [2.24, 2.45) is 13.0 Å². The van der Waals surface area contributed by atoms with Crippen LogP contribution in [0.2, 0.25) is 0 Å². The first kappa shape index (κ1) is 22.1. The number of hydrogen-bond acceptors (Lipinski definition) is 5. The summed E-state index contributed by atoms with van der Waals surface area (Å²) in [6.07, 6.45) is 4.11. The quantitative estimate of drug-likeness (QED) is 0.633. The number of halogens is 2. The van der Waals surface area contributed by atoms with Crippen LogP contribution in [0, 0.1) is 17.6 Å². The fourth-order valence-electron chi connectivity index (χ4n) is 4.11. The van der Waals surface area contributed by atoms with E-state index in [4.69, 9.17) is 0 Å². The Morgan fingerprint density at radius 1 is 1.25 bits per heavy atom. The first-order valence-electron chi connectivity index (χ1n) is 11.0. The highest BCUT2D eigenvalue weighted by Crippen LogP contribution is 2.21. The van der Waals surface area contributed by atoms with Crippen LogP contribution in [0.4, 0.5) is 14.7 Å². The summed E-state index contributed by atoms with van der Waals surface area (Å²) in [5.74, 6) is -0.435. The van der Waals surface area contributed by atoms with E-state index in [0.29, 0.717) is 25.0 Å². The van der Waals surface area contributed by atoms with E-state index < -0.39 is 11.6 Å². The second-order valence-electron chi connectivity index (χ2n) is 8.81. The number of hydrogen-bond donors (Lipinski definition) is 1. The Balaban J connectivity index is 1.35. The number of likely N-dealkylation sites (tertiary alicyclic amines) is 1. The van der Waals surface area contributed by atoms with Crippen molar-refractivity contribution in [3.05, 3.63) is 47.3 Å². The number of aromatic nitrogens is 4. The molecule has 170 valence electrons. The summed E-state index contributed by atoms with van der Waals surface area (Å²) >= 11 is 0. The van der Waals surface area contributed by atoms with Crippen molar-refractivity contribution >= 4 is 22.9 Å². The molecule has 1 aromatic carbocycles. The van der Waals surface area contributed by atoms with Crippen LogP contribution in [0.5, 0.6) is 0 Å². The van der Waals surface area contributed by atoms with E-state index >= 15 is 0 Å². The summed E-state index contributed by atoms with van der Waals surface area (Å²) in [5.41, 5.74) is 2.02. The van der Waals surface area contributed by atoms with Crippen molar-refractivity contribution in [2.45, 2.75) is 45.6 Å². The lowest BCUT2D eigenvalue weighted by molar-refractivity contribution is -0.131. The molecule has 2 aromatic heterocycles. The fraction of sp³-hybridized carbons (Fsp3) is 0.478. The van der Waals surface area contributed by atoms with Gasteiger partial charge in [0.05, 0.1) is 17.5 Å². The number of aryl methyl sites for hydroxylation is 1. The molecule has 1 aliphatic heterocycles. The molecule has 0 spiro atoms. The largest absolute Gasteiger partial charge is 0.351 e. The number of rotatable bonds is 6. The van der Waals surface area contributed by atoms with E-state index in [1.54, 1.807) is 9.58 Å². The summed E-state index contributed by atoms with van der Waals surface area (Å²) < 4.78 is 28.7. The zero-order chi connectivity index (χ0) is 22.8. The molecule has 4 rings (SSSR count). The lowest BCUT2D eigenvalue weighted by Gasteiger charge is -2.32. The number of fused-ring (bicyclic) bond motifs is 1. The van der Waals surface area contributed by atoms with E-state index in [9.17, 15) is 13.6 Å². The van der Waals surface area contributed by atoms with Gasteiger partial charge in [0.2, 0.25) is 11.9 Å². The summed E-state index contributed by atoms with van der Waals surface area (Å²) in [4.78, 5) is 23.4. The van der Waals surface area contributed by atoms with E-state index in [1.807, 2.05) is 13.2 Å². The second kappa shape index (κ2) is 9.18. The normalized spacial score (nSPS) is 15.0. The summed E-state index contributed by atoms with van der Waals surface area (Å²) in [5, 5.41) is 8.93. The zero-order valence-electron chi connectivity index (χ0n) is 18.6. The molecule has 0 saturated carbocycles. The van der Waals surface area contributed by atoms with E-state index in [1.165, 1.54) is 12.1 Å². The standard InChI is InChI=1S/C23H28F2N6O/c1-14(2)10-20-18-13-26-23(28-22(18)30(3)29-20)27-17-6-8-31(9-7-17)21(32)11-15-4-5-16(24)12-19(15)25/h4-5,12-14,17H,6-11H2,1-3H3,(H,26,27,28). The topological polar surface area (TPSA) is 75.9 Å². The predicted molar refractivity (Wildman–Crippen MR) is 118 cm³/mol. The van der Waals surface area contributed by atoms with Gasteiger partial charge >= 0.3 is 0 Å². The van der Waals surface area contributed by atoms with Gasteiger partial charge in [-0.15, -0.1) is 0 Å². The molecular formula is C23H28F2N6O. The molecule has 1 saturated heterocycles. The molecular weight excluding hydrogens is 414 g/mol. The number of carbonyl (C=O) groups is 1. The summed E-state index contributed by atoms with van der Waals surface area (Å²) in [6.45, 7) is 5.44. The van der Waals surface area contributed by atoms with Crippen molar-refractivity contribution in [1.82, 2.24) is 24.6 Å². The molecule has 1 fully saturated rings. The van der Waals surface area contributed by atoms with Gasteiger partial charge in [-0.3, -0.25) is 9.48 Å². The molecule has 3 heterocycles. The van der Waals surface area contributed by atoms with Gasteiger partial charge in [-0.1, -0.05) is 19.9 Å². The number of amides is 1. The third-order valence-electron chi connectivity index (χ3n) is 5.80. The van der Waals surface area contributed by atoms with Crippen LogP contribution in [0.15, 0.2) is 24.4 Å². The summed E-state index contributed by atoms with van der Waals surface area (Å²) in [6, 6.07) is 3.45. The Bertz CT molecular complexity index is 1120. The number of benzene rings is 1. The zero-order valence-corrected chi connectivity index (χ0v) is 18.6. The van der Waals surface area contributed by atoms with Crippen molar-refractivity contribution in [3.63, 3.8) is 0 Å². The lowest BCUT2D eigenvalue weighted by Crippen LogP contribution is -2.43. The van der Waals surface area contributed by atoms with Gasteiger partial charge in [0.15, 0.2) is 5.65 Å². The molecule has 1 aliphatic rings. The van der Waals surface area contributed by atoms with Gasteiger partial charge in [-0.05, 0) is 36.8 Å². The second-order valence-corrected chi connectivity index (χ2v) is 8.81. The Morgan fingerprint density at radius 3 is 2.69 bits per heavy atom. The highest BCUT2D eigenvalue weighted by atomic mass is 19.1. The van der Waals surface area contributed by atoms with Gasteiger partial charge in [0, 0.05) is 38.4 Å². The maximum atomic E-state index is 13.8. The third-order valence-corrected chi connectivity index (χ3v) is 5.80. The van der Waals surface area contributed by atoms with Crippen LogP contribution < -0.4 is 5.32 Å². The molecule has 3 aromatic rings. The number of nitrogens with one attached hydrogen (secondary N) is 1. The van der Waals surface area contributed by atoms with Crippen molar-refractivity contribution < 1.29 is 13.6 Å². The maximum absolute atomic E-state index is 13.8. The third kappa shape index (κ3) is 4.87. The first-order chi connectivity index (χ1) is 15.3. The molecule has 7 nitrogen and oxygen atoms in total. The van der Waals surface area contributed by atoms with Crippen LogP contribution in [0.3, 0.4) is 0 Å². The van der Waals surface area contributed by atoms with Gasteiger partial charge in [-0.25, -0.2) is 13.8 Å². The Hall–Kier alpha value is -3.10. The molecule has 0 bridgehead atoms. The lowest BCUT2D eigenvalue weighted by atomic mass is 10.0.